The van der Waals surface area contributed by atoms with Gasteiger partial charge in [-0.05, 0) is 71.1 Å². The summed E-state index contributed by atoms with van der Waals surface area (Å²) in [5.74, 6) is -0.292. The first-order valence-corrected chi connectivity index (χ1v) is 9.54. The van der Waals surface area contributed by atoms with Crippen molar-refractivity contribution in [2.75, 3.05) is 13.9 Å². The molecule has 0 saturated heterocycles. The highest BCUT2D eigenvalue weighted by atomic mass is 16.8. The molecule has 6 heteroatoms. The molecule has 0 radical (unpaired) electrons. The maximum Gasteiger partial charge on any atom is 0.316 e. The van der Waals surface area contributed by atoms with Gasteiger partial charge in [0.2, 0.25) is 0 Å². The van der Waals surface area contributed by atoms with Crippen molar-refractivity contribution in [1.29, 1.82) is 0 Å². The minimum Gasteiger partial charge on any atom is -0.427 e. The van der Waals surface area contributed by atoms with Crippen molar-refractivity contribution in [1.82, 2.24) is 5.06 Å². The van der Waals surface area contributed by atoms with Crippen LogP contribution in [-0.2, 0) is 23.9 Å². The maximum atomic E-state index is 13.4. The fourth-order valence-corrected chi connectivity index (χ4v) is 3.75. The van der Waals surface area contributed by atoms with Gasteiger partial charge in [0, 0.05) is 7.11 Å². The summed E-state index contributed by atoms with van der Waals surface area (Å²) in [6, 6.07) is 4.05. The van der Waals surface area contributed by atoms with E-state index in [0.717, 1.165) is 35.1 Å². The van der Waals surface area contributed by atoms with Gasteiger partial charge < -0.3 is 9.47 Å². The van der Waals surface area contributed by atoms with Crippen molar-refractivity contribution in [2.24, 2.45) is 5.41 Å². The van der Waals surface area contributed by atoms with Crippen LogP contribution in [0.3, 0.4) is 0 Å². The van der Waals surface area contributed by atoms with Gasteiger partial charge in [-0.1, -0.05) is 17.7 Å². The van der Waals surface area contributed by atoms with Gasteiger partial charge in [-0.2, -0.15) is 0 Å². The number of hydrogen-bond donors (Lipinski definition) is 0. The van der Waals surface area contributed by atoms with E-state index in [9.17, 15) is 9.59 Å². The lowest BCUT2D eigenvalue weighted by molar-refractivity contribution is -0.239. The number of carbonyl (C=O) groups excluding carboxylic acids is 2. The molecule has 1 amide bonds. The molecule has 1 aromatic rings. The van der Waals surface area contributed by atoms with Crippen molar-refractivity contribution in [3.8, 4) is 0 Å². The van der Waals surface area contributed by atoms with Gasteiger partial charge in [0.25, 0.3) is 5.91 Å². The third kappa shape index (κ3) is 3.35. The number of hydroxylamine groups is 2. The molecule has 0 unspecified atom stereocenters. The van der Waals surface area contributed by atoms with Crippen LogP contribution in [0, 0.1) is 26.2 Å². The molecule has 152 valence electrons. The molecule has 1 aliphatic heterocycles. The van der Waals surface area contributed by atoms with Crippen LogP contribution in [0.1, 0.15) is 55.9 Å². The van der Waals surface area contributed by atoms with E-state index in [0.29, 0.717) is 11.3 Å². The van der Waals surface area contributed by atoms with Gasteiger partial charge in [0.05, 0.1) is 11.0 Å². The number of benzene rings is 1. The fourth-order valence-electron chi connectivity index (χ4n) is 3.75. The zero-order valence-corrected chi connectivity index (χ0v) is 17.8. The number of esters is 1. The van der Waals surface area contributed by atoms with Gasteiger partial charge in [-0.15, -0.1) is 0 Å². The molecule has 3 rings (SSSR count). The lowest BCUT2D eigenvalue weighted by Crippen LogP contribution is -2.44. The average molecular weight is 387 g/mol. The Morgan fingerprint density at radius 3 is 2.18 bits per heavy atom. The normalized spacial score (nSPS) is 20.0. The fraction of sp³-hybridized carbons (Fsp3) is 0.545. The molecule has 1 fully saturated rings. The van der Waals surface area contributed by atoms with Crippen LogP contribution in [-0.4, -0.2) is 36.4 Å². The highest BCUT2D eigenvalue weighted by Gasteiger charge is 2.53. The molecule has 28 heavy (non-hydrogen) atoms. The zero-order chi connectivity index (χ0) is 20.9. The molecule has 0 atom stereocenters. The Labute approximate surface area is 166 Å². The Balaban J connectivity index is 2.15. The van der Waals surface area contributed by atoms with Crippen LogP contribution >= 0.6 is 0 Å². The molecule has 0 spiro atoms. The van der Waals surface area contributed by atoms with Crippen LogP contribution in [0.15, 0.2) is 17.9 Å². The Morgan fingerprint density at radius 2 is 1.68 bits per heavy atom. The number of amides is 1. The lowest BCUT2D eigenvalue weighted by atomic mass is 9.91. The molecule has 0 aromatic heterocycles. The summed E-state index contributed by atoms with van der Waals surface area (Å²) >= 11 is 0. The summed E-state index contributed by atoms with van der Waals surface area (Å²) in [7, 11) is 1.49. The highest BCUT2D eigenvalue weighted by molar-refractivity contribution is 6.23. The van der Waals surface area contributed by atoms with Crippen LogP contribution < -0.4 is 0 Å². The Morgan fingerprint density at radius 1 is 1.11 bits per heavy atom. The predicted molar refractivity (Wildman–Crippen MR) is 105 cm³/mol. The molecule has 1 heterocycles. The quantitative estimate of drug-likeness (QED) is 0.548. The summed E-state index contributed by atoms with van der Waals surface area (Å²) in [6.07, 6.45) is 1.60. The summed E-state index contributed by atoms with van der Waals surface area (Å²) in [6.45, 7) is 11.4. The standard InChI is InChI=1S/C22H29NO5/c1-13-10-14(2)16(15(3)11-13)17-18(28-20(25)22(6)8-9-22)21(4,5)23(19(17)24)27-12-26-7/h10-11H,8-9,12H2,1-7H3. The molecular weight excluding hydrogens is 358 g/mol. The van der Waals surface area contributed by atoms with Crippen LogP contribution in [0.4, 0.5) is 0 Å². The summed E-state index contributed by atoms with van der Waals surface area (Å²) in [5.41, 5.74) is 2.78. The minimum atomic E-state index is -0.949. The second-order valence-electron chi connectivity index (χ2n) is 8.62. The first-order chi connectivity index (χ1) is 13.0. The van der Waals surface area contributed by atoms with Crippen LogP contribution in [0.2, 0.25) is 0 Å². The Kier molecular flexibility index (Phi) is 5.15. The number of aryl methyl sites for hydroxylation is 3. The number of ether oxygens (including phenoxy) is 2. The molecule has 1 saturated carbocycles. The van der Waals surface area contributed by atoms with Gasteiger partial charge in [-0.25, -0.2) is 9.90 Å². The SMILES string of the molecule is COCON1C(=O)C(c2c(C)cc(C)cc2C)=C(OC(=O)C2(C)CC2)C1(C)C. The minimum absolute atomic E-state index is 0.0761. The van der Waals surface area contributed by atoms with Crippen molar-refractivity contribution in [3.63, 3.8) is 0 Å². The van der Waals surface area contributed by atoms with E-state index < -0.39 is 11.0 Å². The molecule has 0 bridgehead atoms. The number of hydrogen-bond acceptors (Lipinski definition) is 5. The third-order valence-electron chi connectivity index (χ3n) is 5.60. The van der Waals surface area contributed by atoms with E-state index >= 15 is 0 Å². The van der Waals surface area contributed by atoms with Gasteiger partial charge in [-0.3, -0.25) is 9.59 Å². The van der Waals surface area contributed by atoms with Gasteiger partial charge in [0.1, 0.15) is 11.3 Å². The van der Waals surface area contributed by atoms with E-state index in [1.165, 1.54) is 12.2 Å². The molecule has 6 nitrogen and oxygen atoms in total. The average Bonchev–Trinajstić information content (AvgIpc) is 3.31. The Hall–Kier alpha value is -2.18. The largest absolute Gasteiger partial charge is 0.427 e. The predicted octanol–water partition coefficient (Wildman–Crippen LogP) is 3.82. The van der Waals surface area contributed by atoms with Crippen LogP contribution in [0.25, 0.3) is 5.57 Å². The smallest absolute Gasteiger partial charge is 0.316 e. The Bertz CT molecular complexity index is 841. The summed E-state index contributed by atoms with van der Waals surface area (Å²) < 4.78 is 10.9. The van der Waals surface area contributed by atoms with Crippen molar-refractivity contribution in [3.05, 3.63) is 40.1 Å². The molecule has 2 aliphatic rings. The summed E-state index contributed by atoms with van der Waals surface area (Å²) in [4.78, 5) is 31.7. The third-order valence-corrected chi connectivity index (χ3v) is 5.60. The monoisotopic (exact) mass is 387 g/mol. The molecule has 0 N–H and O–H groups in total. The summed E-state index contributed by atoms with van der Waals surface area (Å²) in [5, 5.41) is 1.25. The molecular formula is C22H29NO5. The van der Waals surface area contributed by atoms with Gasteiger partial charge >= 0.3 is 5.97 Å². The van der Waals surface area contributed by atoms with E-state index in [-0.39, 0.29) is 18.7 Å². The number of carbonyl (C=O) groups is 2. The van der Waals surface area contributed by atoms with E-state index in [2.05, 4.69) is 0 Å². The first-order valence-electron chi connectivity index (χ1n) is 9.54. The zero-order valence-electron chi connectivity index (χ0n) is 17.8. The topological polar surface area (TPSA) is 65.1 Å². The lowest BCUT2D eigenvalue weighted by Gasteiger charge is -2.31. The first kappa shape index (κ1) is 20.6. The second-order valence-corrected chi connectivity index (χ2v) is 8.62. The maximum absolute atomic E-state index is 13.4. The number of rotatable bonds is 6. The second kappa shape index (κ2) is 7.01. The van der Waals surface area contributed by atoms with E-state index in [4.69, 9.17) is 14.3 Å². The van der Waals surface area contributed by atoms with Gasteiger partial charge in [0.15, 0.2) is 6.79 Å². The van der Waals surface area contributed by atoms with E-state index in [1.54, 1.807) is 0 Å². The number of methoxy groups -OCH3 is 1. The number of nitrogens with zero attached hydrogens (tertiary/aromatic N) is 1. The highest BCUT2D eigenvalue weighted by Crippen LogP contribution is 2.49. The van der Waals surface area contributed by atoms with Crippen LogP contribution in [0.5, 0.6) is 0 Å². The molecule has 1 aliphatic carbocycles. The molecule has 1 aromatic carbocycles. The van der Waals surface area contributed by atoms with E-state index in [1.807, 2.05) is 53.7 Å². The van der Waals surface area contributed by atoms with Crippen molar-refractivity contribution >= 4 is 17.4 Å². The van der Waals surface area contributed by atoms with Crippen molar-refractivity contribution in [2.45, 2.75) is 59.9 Å². The van der Waals surface area contributed by atoms with Crippen molar-refractivity contribution < 1.29 is 23.9 Å².